The van der Waals surface area contributed by atoms with E-state index in [1.807, 2.05) is 0 Å². The summed E-state index contributed by atoms with van der Waals surface area (Å²) in [6.45, 7) is 6.98. The van der Waals surface area contributed by atoms with Crippen LogP contribution in [0.15, 0.2) is 48.0 Å². The van der Waals surface area contributed by atoms with Crippen LogP contribution in [0.5, 0.6) is 0 Å². The van der Waals surface area contributed by atoms with Gasteiger partial charge in [-0.25, -0.2) is 0 Å². The molecular formula is C36H58. The first kappa shape index (κ1) is 30.7. The number of rotatable bonds is 22. The summed E-state index contributed by atoms with van der Waals surface area (Å²) in [5.74, 6) is 0. The molecule has 36 heavy (non-hydrogen) atoms. The van der Waals surface area contributed by atoms with Gasteiger partial charge in [0.2, 0.25) is 0 Å². The summed E-state index contributed by atoms with van der Waals surface area (Å²) in [6, 6.07) is 15.9. The van der Waals surface area contributed by atoms with E-state index in [2.05, 4.69) is 63.2 Å². The second-order valence-corrected chi connectivity index (χ2v) is 11.2. The quantitative estimate of drug-likeness (QED) is 0.144. The molecule has 0 saturated heterocycles. The molecule has 0 aliphatic carbocycles. The van der Waals surface area contributed by atoms with Crippen LogP contribution in [0.4, 0.5) is 0 Å². The summed E-state index contributed by atoms with van der Waals surface area (Å²) in [6.07, 6.45) is 29.4. The van der Waals surface area contributed by atoms with Crippen molar-refractivity contribution in [3.05, 3.63) is 53.6 Å². The topological polar surface area (TPSA) is 0 Å². The predicted octanol–water partition coefficient (Wildman–Crippen LogP) is 12.8. The van der Waals surface area contributed by atoms with E-state index in [0.717, 1.165) is 6.42 Å². The van der Waals surface area contributed by atoms with Gasteiger partial charge >= 0.3 is 0 Å². The average molecular weight is 491 g/mol. The molecule has 0 spiro atoms. The number of allylic oxidation sites excluding steroid dienone is 2. The molecule has 0 unspecified atom stereocenters. The van der Waals surface area contributed by atoms with Crippen LogP contribution in [0.2, 0.25) is 0 Å². The van der Waals surface area contributed by atoms with Crippen LogP contribution >= 0.6 is 0 Å². The summed E-state index contributed by atoms with van der Waals surface area (Å²) in [5.41, 5.74) is 4.81. The van der Waals surface area contributed by atoms with E-state index in [-0.39, 0.29) is 0 Å². The maximum absolute atomic E-state index is 2.42. The molecule has 0 N–H and O–H groups in total. The molecule has 2 aromatic carbocycles. The third kappa shape index (κ3) is 12.6. The van der Waals surface area contributed by atoms with Gasteiger partial charge in [-0.3, -0.25) is 0 Å². The molecule has 0 saturated carbocycles. The highest BCUT2D eigenvalue weighted by molar-refractivity contribution is 5.86. The zero-order chi connectivity index (χ0) is 25.7. The van der Waals surface area contributed by atoms with E-state index < -0.39 is 0 Å². The van der Waals surface area contributed by atoms with Gasteiger partial charge in [-0.2, -0.15) is 0 Å². The molecule has 2 aromatic rings. The maximum Gasteiger partial charge on any atom is -0.0178 e. The predicted molar refractivity (Wildman–Crippen MR) is 165 cm³/mol. The van der Waals surface area contributed by atoms with Crippen molar-refractivity contribution < 1.29 is 0 Å². The SMILES string of the molecule is CCCCCCCCCCCCCCCCCCC(CCCC)=C(CC)c1ccc2ccccc2c1. The van der Waals surface area contributed by atoms with Gasteiger partial charge in [0.05, 0.1) is 0 Å². The van der Waals surface area contributed by atoms with Crippen LogP contribution in [0.25, 0.3) is 16.3 Å². The summed E-state index contributed by atoms with van der Waals surface area (Å²) in [5, 5.41) is 2.72. The second-order valence-electron chi connectivity index (χ2n) is 11.2. The fourth-order valence-electron chi connectivity index (χ4n) is 5.74. The lowest BCUT2D eigenvalue weighted by atomic mass is 9.90. The molecular weight excluding hydrogens is 432 g/mol. The molecule has 0 nitrogen and oxygen atoms in total. The Kier molecular flexibility index (Phi) is 17.5. The van der Waals surface area contributed by atoms with Crippen LogP contribution in [0.3, 0.4) is 0 Å². The van der Waals surface area contributed by atoms with Crippen LogP contribution in [-0.2, 0) is 0 Å². The lowest BCUT2D eigenvalue weighted by Crippen LogP contribution is -1.94. The van der Waals surface area contributed by atoms with E-state index in [0.29, 0.717) is 0 Å². The Morgan fingerprint density at radius 3 is 1.47 bits per heavy atom. The van der Waals surface area contributed by atoms with E-state index >= 15 is 0 Å². The fraction of sp³-hybridized carbons (Fsp3) is 0.667. The Labute approximate surface area is 225 Å². The lowest BCUT2D eigenvalue weighted by Gasteiger charge is -2.16. The Bertz CT molecular complexity index is 827. The van der Waals surface area contributed by atoms with Gasteiger partial charge in [-0.05, 0) is 60.1 Å². The van der Waals surface area contributed by atoms with Crippen LogP contribution in [0.1, 0.15) is 161 Å². The Balaban J connectivity index is 1.64. The van der Waals surface area contributed by atoms with Crippen molar-refractivity contribution in [1.82, 2.24) is 0 Å². The van der Waals surface area contributed by atoms with Crippen LogP contribution in [-0.4, -0.2) is 0 Å². The minimum atomic E-state index is 1.15. The second kappa shape index (κ2) is 20.5. The molecule has 0 radical (unpaired) electrons. The van der Waals surface area contributed by atoms with E-state index in [1.165, 1.54) is 145 Å². The molecule has 202 valence electrons. The van der Waals surface area contributed by atoms with Gasteiger partial charge < -0.3 is 0 Å². The smallest absolute Gasteiger partial charge is 0.0178 e. The molecule has 0 aliphatic rings. The third-order valence-electron chi connectivity index (χ3n) is 8.04. The van der Waals surface area contributed by atoms with Crippen LogP contribution in [0, 0.1) is 0 Å². The van der Waals surface area contributed by atoms with Crippen molar-refractivity contribution in [3.63, 3.8) is 0 Å². The normalized spacial score (nSPS) is 12.3. The zero-order valence-electron chi connectivity index (χ0n) is 24.4. The molecule has 0 aromatic heterocycles. The summed E-state index contributed by atoms with van der Waals surface area (Å²) in [7, 11) is 0. The Morgan fingerprint density at radius 1 is 0.472 bits per heavy atom. The maximum atomic E-state index is 2.42. The van der Waals surface area contributed by atoms with Gasteiger partial charge in [0.1, 0.15) is 0 Å². The highest BCUT2D eigenvalue weighted by Gasteiger charge is 2.09. The first-order valence-electron chi connectivity index (χ1n) is 16.0. The number of hydrogen-bond acceptors (Lipinski definition) is 0. The van der Waals surface area contributed by atoms with Gasteiger partial charge in [-0.1, -0.05) is 165 Å². The molecule has 0 atom stereocenters. The molecule has 0 heteroatoms. The van der Waals surface area contributed by atoms with Gasteiger partial charge in [-0.15, -0.1) is 0 Å². The fourth-order valence-corrected chi connectivity index (χ4v) is 5.74. The summed E-state index contributed by atoms with van der Waals surface area (Å²) < 4.78 is 0. The minimum Gasteiger partial charge on any atom is -0.0664 e. The van der Waals surface area contributed by atoms with Crippen molar-refractivity contribution in [2.45, 2.75) is 156 Å². The van der Waals surface area contributed by atoms with Gasteiger partial charge in [0, 0.05) is 0 Å². The highest BCUT2D eigenvalue weighted by atomic mass is 14.1. The zero-order valence-corrected chi connectivity index (χ0v) is 24.4. The van der Waals surface area contributed by atoms with Crippen molar-refractivity contribution in [2.75, 3.05) is 0 Å². The van der Waals surface area contributed by atoms with E-state index in [4.69, 9.17) is 0 Å². The van der Waals surface area contributed by atoms with E-state index in [9.17, 15) is 0 Å². The first-order chi connectivity index (χ1) is 17.8. The number of unbranched alkanes of at least 4 members (excludes halogenated alkanes) is 16. The van der Waals surface area contributed by atoms with Crippen molar-refractivity contribution in [2.24, 2.45) is 0 Å². The molecule has 0 heterocycles. The standard InChI is InChI=1S/C36H58/c1-4-7-9-10-11-12-13-14-15-16-17-18-19-20-21-22-27-33(25-8-5-2)36(6-3)35-30-29-32-26-23-24-28-34(32)31-35/h23-24,26,28-31H,4-22,25,27H2,1-3H3. The number of fused-ring (bicyclic) bond motifs is 1. The van der Waals surface area contributed by atoms with E-state index in [1.54, 1.807) is 11.1 Å². The summed E-state index contributed by atoms with van der Waals surface area (Å²) >= 11 is 0. The third-order valence-corrected chi connectivity index (χ3v) is 8.04. The Hall–Kier alpha value is -1.56. The average Bonchev–Trinajstić information content (AvgIpc) is 2.91. The Morgan fingerprint density at radius 2 is 0.944 bits per heavy atom. The van der Waals surface area contributed by atoms with Gasteiger partial charge in [0.25, 0.3) is 0 Å². The monoisotopic (exact) mass is 490 g/mol. The van der Waals surface area contributed by atoms with Crippen LogP contribution < -0.4 is 0 Å². The summed E-state index contributed by atoms with van der Waals surface area (Å²) in [4.78, 5) is 0. The lowest BCUT2D eigenvalue weighted by molar-refractivity contribution is 0.529. The number of benzene rings is 2. The highest BCUT2D eigenvalue weighted by Crippen LogP contribution is 2.31. The molecule has 0 bridgehead atoms. The number of hydrogen-bond donors (Lipinski definition) is 0. The molecule has 0 aliphatic heterocycles. The first-order valence-corrected chi connectivity index (χ1v) is 16.0. The van der Waals surface area contributed by atoms with Gasteiger partial charge in [0.15, 0.2) is 0 Å². The largest absolute Gasteiger partial charge is 0.0664 e. The molecule has 0 fully saturated rings. The molecule has 2 rings (SSSR count). The van der Waals surface area contributed by atoms with Crippen molar-refractivity contribution in [1.29, 1.82) is 0 Å². The van der Waals surface area contributed by atoms with Crippen molar-refractivity contribution in [3.8, 4) is 0 Å². The minimum absolute atomic E-state index is 1.15. The molecule has 0 amide bonds. The van der Waals surface area contributed by atoms with Crippen molar-refractivity contribution >= 4 is 16.3 Å².